The zero-order chi connectivity index (χ0) is 25.9. The molecule has 190 valence electrons. The predicted octanol–water partition coefficient (Wildman–Crippen LogP) is 3.73. The first-order chi connectivity index (χ1) is 18.0. The molecule has 1 atom stereocenters. The molecule has 9 heteroatoms. The van der Waals surface area contributed by atoms with E-state index >= 15 is 0 Å². The van der Waals surface area contributed by atoms with Gasteiger partial charge in [0.1, 0.15) is 11.6 Å². The van der Waals surface area contributed by atoms with Crippen LogP contribution in [0.15, 0.2) is 65.0 Å². The molecule has 1 fully saturated rings. The molecule has 1 saturated heterocycles. The fourth-order valence-corrected chi connectivity index (χ4v) is 4.75. The van der Waals surface area contributed by atoms with E-state index in [0.717, 1.165) is 48.7 Å². The first-order valence-corrected chi connectivity index (χ1v) is 12.2. The Morgan fingerprint density at radius 1 is 1.05 bits per heavy atom. The number of rotatable bonds is 6. The number of piperazine rings is 1. The smallest absolute Gasteiger partial charge is 0.237 e. The number of aliphatic imine (C=N–C) groups is 1. The summed E-state index contributed by atoms with van der Waals surface area (Å²) >= 11 is 0. The van der Waals surface area contributed by atoms with Crippen molar-refractivity contribution in [2.24, 2.45) is 4.99 Å². The number of benzene rings is 2. The van der Waals surface area contributed by atoms with Gasteiger partial charge in [0, 0.05) is 26.2 Å². The fourth-order valence-electron chi connectivity index (χ4n) is 4.75. The molecule has 0 radical (unpaired) electrons. The number of methoxy groups -OCH3 is 2. The molecule has 0 saturated carbocycles. The van der Waals surface area contributed by atoms with Crippen molar-refractivity contribution >= 4 is 6.34 Å². The molecule has 0 N–H and O–H groups in total. The second kappa shape index (κ2) is 10.4. The summed E-state index contributed by atoms with van der Waals surface area (Å²) < 4.78 is 19.2. The van der Waals surface area contributed by atoms with Crippen LogP contribution in [0.25, 0.3) is 5.69 Å². The molecule has 37 heavy (non-hydrogen) atoms. The maximum Gasteiger partial charge on any atom is 0.237 e. The van der Waals surface area contributed by atoms with E-state index < -0.39 is 5.92 Å². The average molecular weight is 499 g/mol. The number of hydrogen-bond acceptors (Lipinski definition) is 7. The number of fused-ring (bicyclic) bond motifs is 1. The summed E-state index contributed by atoms with van der Waals surface area (Å²) in [7, 11) is 5.31. The number of nitrogens with zero attached hydrogens (tertiary/aromatic N) is 6. The van der Waals surface area contributed by atoms with E-state index in [4.69, 9.17) is 24.3 Å². The predicted molar refractivity (Wildman–Crippen MR) is 141 cm³/mol. The Balaban J connectivity index is 1.66. The lowest BCUT2D eigenvalue weighted by Crippen LogP contribution is -2.43. The summed E-state index contributed by atoms with van der Waals surface area (Å²) in [6.45, 7) is 5.56. The van der Waals surface area contributed by atoms with Crippen molar-refractivity contribution in [3.63, 3.8) is 0 Å². The third-order valence-corrected chi connectivity index (χ3v) is 6.80. The molecule has 2 aliphatic rings. The van der Waals surface area contributed by atoms with Crippen molar-refractivity contribution in [2.45, 2.75) is 12.8 Å². The zero-order valence-corrected chi connectivity index (χ0v) is 21.5. The number of allylic oxidation sites excluding steroid dienone is 1. The van der Waals surface area contributed by atoms with Gasteiger partial charge in [-0.15, -0.1) is 0 Å². The molecule has 5 rings (SSSR count). The molecule has 3 heterocycles. The first-order valence-electron chi connectivity index (χ1n) is 12.2. The summed E-state index contributed by atoms with van der Waals surface area (Å²) in [5.41, 5.74) is 3.74. The number of nitriles is 1. The van der Waals surface area contributed by atoms with Crippen molar-refractivity contribution in [3.8, 4) is 29.1 Å². The summed E-state index contributed by atoms with van der Waals surface area (Å²) in [6.07, 6.45) is 1.78. The van der Waals surface area contributed by atoms with Gasteiger partial charge in [0.15, 0.2) is 11.5 Å². The molecular formula is C28H30N6O3. The molecule has 1 aromatic heterocycles. The van der Waals surface area contributed by atoms with Gasteiger partial charge in [-0.3, -0.25) is 0 Å². The number of hydrogen-bond donors (Lipinski definition) is 0. The van der Waals surface area contributed by atoms with Gasteiger partial charge in [-0.1, -0.05) is 24.3 Å². The third-order valence-electron chi connectivity index (χ3n) is 6.80. The van der Waals surface area contributed by atoms with E-state index in [0.29, 0.717) is 23.0 Å². The Kier molecular flexibility index (Phi) is 6.84. The average Bonchev–Trinajstić information content (AvgIpc) is 3.27. The summed E-state index contributed by atoms with van der Waals surface area (Å²) in [4.78, 5) is 9.12. The Morgan fingerprint density at radius 3 is 2.46 bits per heavy atom. The maximum absolute atomic E-state index is 10.4. The molecule has 0 spiro atoms. The number of ether oxygens (including phenoxy) is 3. The SMILES string of the molecule is COc1ccc(C2C(C#N)=C(N=CN3CCN(C)CC3)Oc3c2c(C)nn3-c2ccccc2)cc1OC. The van der Waals surface area contributed by atoms with Crippen molar-refractivity contribution in [3.05, 3.63) is 76.8 Å². The van der Waals surface area contributed by atoms with Crippen molar-refractivity contribution in [1.82, 2.24) is 19.6 Å². The Bertz CT molecular complexity index is 1380. The highest BCUT2D eigenvalue weighted by molar-refractivity contribution is 5.62. The molecule has 9 nitrogen and oxygen atoms in total. The summed E-state index contributed by atoms with van der Waals surface area (Å²) in [6, 6.07) is 17.9. The zero-order valence-electron chi connectivity index (χ0n) is 21.5. The molecule has 2 aromatic carbocycles. The van der Waals surface area contributed by atoms with Crippen LogP contribution in [0, 0.1) is 18.3 Å². The van der Waals surface area contributed by atoms with Gasteiger partial charge < -0.3 is 24.0 Å². The van der Waals surface area contributed by atoms with Gasteiger partial charge in [-0.2, -0.15) is 10.4 Å². The molecule has 0 aliphatic carbocycles. The van der Waals surface area contributed by atoms with Crippen LogP contribution in [0.4, 0.5) is 0 Å². The third kappa shape index (κ3) is 4.63. The van der Waals surface area contributed by atoms with Crippen LogP contribution in [-0.4, -0.2) is 73.4 Å². The monoisotopic (exact) mass is 498 g/mol. The first kappa shape index (κ1) is 24.4. The van der Waals surface area contributed by atoms with Crippen LogP contribution in [0.2, 0.25) is 0 Å². The van der Waals surface area contributed by atoms with Gasteiger partial charge >= 0.3 is 0 Å². The summed E-state index contributed by atoms with van der Waals surface area (Å²) in [5, 5.41) is 15.2. The Morgan fingerprint density at radius 2 is 1.78 bits per heavy atom. The van der Waals surface area contributed by atoms with E-state index in [1.807, 2.05) is 55.5 Å². The van der Waals surface area contributed by atoms with Gasteiger partial charge in [0.2, 0.25) is 11.8 Å². The van der Waals surface area contributed by atoms with Crippen LogP contribution in [0.3, 0.4) is 0 Å². The van der Waals surface area contributed by atoms with Crippen LogP contribution in [0.5, 0.6) is 17.4 Å². The molecule has 2 aliphatic heterocycles. The number of aromatic nitrogens is 2. The highest BCUT2D eigenvalue weighted by atomic mass is 16.5. The molecule has 3 aromatic rings. The van der Waals surface area contributed by atoms with Gasteiger partial charge in [-0.25, -0.2) is 9.67 Å². The summed E-state index contributed by atoms with van der Waals surface area (Å²) in [5.74, 6) is 1.58. The highest BCUT2D eigenvalue weighted by Crippen LogP contribution is 2.47. The second-order valence-corrected chi connectivity index (χ2v) is 9.12. The number of likely N-dealkylation sites (N-methyl/N-ethyl adjacent to an activating group) is 1. The van der Waals surface area contributed by atoms with E-state index in [1.54, 1.807) is 25.2 Å². The quantitative estimate of drug-likeness (QED) is 0.378. The van der Waals surface area contributed by atoms with Crippen molar-refractivity contribution in [1.29, 1.82) is 5.26 Å². The van der Waals surface area contributed by atoms with E-state index in [1.165, 1.54) is 0 Å². The lowest BCUT2D eigenvalue weighted by Gasteiger charge is -2.31. The molecule has 0 bridgehead atoms. The van der Waals surface area contributed by atoms with Crippen LogP contribution >= 0.6 is 0 Å². The minimum Gasteiger partial charge on any atom is -0.493 e. The largest absolute Gasteiger partial charge is 0.493 e. The minimum atomic E-state index is -0.439. The van der Waals surface area contributed by atoms with Gasteiger partial charge in [-0.05, 0) is 43.8 Å². The second-order valence-electron chi connectivity index (χ2n) is 9.12. The van der Waals surface area contributed by atoms with Crippen LogP contribution in [0.1, 0.15) is 22.7 Å². The van der Waals surface area contributed by atoms with Crippen molar-refractivity contribution < 1.29 is 14.2 Å². The van der Waals surface area contributed by atoms with E-state index in [-0.39, 0.29) is 5.88 Å². The molecular weight excluding hydrogens is 468 g/mol. The number of para-hydroxylation sites is 1. The van der Waals surface area contributed by atoms with E-state index in [9.17, 15) is 5.26 Å². The van der Waals surface area contributed by atoms with Gasteiger partial charge in [0.05, 0.1) is 43.4 Å². The van der Waals surface area contributed by atoms with E-state index in [2.05, 4.69) is 22.9 Å². The van der Waals surface area contributed by atoms with Crippen molar-refractivity contribution in [2.75, 3.05) is 47.4 Å². The van der Waals surface area contributed by atoms with Crippen LogP contribution in [-0.2, 0) is 0 Å². The topological polar surface area (TPSA) is 88.1 Å². The van der Waals surface area contributed by atoms with Crippen LogP contribution < -0.4 is 14.2 Å². The minimum absolute atomic E-state index is 0.269. The highest BCUT2D eigenvalue weighted by Gasteiger charge is 2.37. The molecule has 0 amide bonds. The standard InChI is InChI=1S/C28H30N6O3/c1-19-25-26(20-10-11-23(35-3)24(16-20)36-4)22(17-29)27(30-18-33-14-12-32(2)13-15-33)37-28(25)34(31-19)21-8-6-5-7-9-21/h5-11,16,18,26H,12-15H2,1-4H3. The lowest BCUT2D eigenvalue weighted by atomic mass is 9.84. The fraction of sp³-hybridized carbons (Fsp3) is 0.321. The lowest BCUT2D eigenvalue weighted by molar-refractivity contribution is 0.219. The maximum atomic E-state index is 10.4. The Labute approximate surface area is 216 Å². The Hall–Kier alpha value is -4.29. The number of aryl methyl sites for hydroxylation is 1. The normalized spacial score (nSPS) is 17.9. The van der Waals surface area contributed by atoms with Gasteiger partial charge in [0.25, 0.3) is 0 Å². The molecule has 1 unspecified atom stereocenters.